The third kappa shape index (κ3) is 4.98. The summed E-state index contributed by atoms with van der Waals surface area (Å²) in [6, 6.07) is 19.2. The molecule has 0 unspecified atom stereocenters. The van der Waals surface area contributed by atoms with E-state index >= 15 is 0 Å². The Hall–Kier alpha value is -3.06. The van der Waals surface area contributed by atoms with Gasteiger partial charge in [0.1, 0.15) is 17.0 Å². The second kappa shape index (κ2) is 9.05. The molecule has 0 aliphatic rings. The van der Waals surface area contributed by atoms with Crippen molar-refractivity contribution in [2.24, 2.45) is 0 Å². The number of benzene rings is 2. The third-order valence-electron chi connectivity index (χ3n) is 3.80. The lowest BCUT2D eigenvalue weighted by molar-refractivity contribution is -0.119. The number of rotatable bonds is 6. The molecule has 0 aliphatic heterocycles. The molecular weight excluding hydrogens is 362 g/mol. The quantitative estimate of drug-likeness (QED) is 0.640. The fraction of sp³-hybridized carbons (Fsp3) is 0.150. The van der Waals surface area contributed by atoms with E-state index < -0.39 is 5.91 Å². The maximum Gasteiger partial charge on any atom is 0.275 e. The Labute approximate surface area is 161 Å². The van der Waals surface area contributed by atoms with Crippen LogP contribution in [0, 0.1) is 6.92 Å². The molecule has 7 heteroatoms. The average Bonchev–Trinajstić information content (AvgIpc) is 3.09. The van der Waals surface area contributed by atoms with E-state index in [-0.39, 0.29) is 11.7 Å². The highest BCUT2D eigenvalue weighted by atomic mass is 32.2. The van der Waals surface area contributed by atoms with E-state index in [0.29, 0.717) is 17.0 Å². The maximum absolute atomic E-state index is 12.5. The van der Waals surface area contributed by atoms with E-state index in [4.69, 9.17) is 4.52 Å². The van der Waals surface area contributed by atoms with Crippen LogP contribution >= 0.6 is 11.8 Å². The number of aromatic nitrogens is 1. The molecule has 0 saturated heterocycles. The van der Waals surface area contributed by atoms with E-state index in [9.17, 15) is 9.59 Å². The lowest BCUT2D eigenvalue weighted by Crippen LogP contribution is -2.42. The van der Waals surface area contributed by atoms with Gasteiger partial charge in [-0.3, -0.25) is 20.4 Å². The van der Waals surface area contributed by atoms with Gasteiger partial charge in [0.15, 0.2) is 0 Å². The van der Waals surface area contributed by atoms with Gasteiger partial charge in [0.25, 0.3) is 5.91 Å². The summed E-state index contributed by atoms with van der Waals surface area (Å²) >= 11 is 1.47. The molecule has 0 radical (unpaired) electrons. The molecule has 3 rings (SSSR count). The molecule has 0 aliphatic carbocycles. The molecule has 0 bridgehead atoms. The maximum atomic E-state index is 12.5. The zero-order valence-electron chi connectivity index (χ0n) is 14.8. The molecule has 0 fully saturated rings. The van der Waals surface area contributed by atoms with Crippen molar-refractivity contribution < 1.29 is 14.1 Å². The number of carbonyl (C=O) groups is 2. The Kier molecular flexibility index (Phi) is 6.27. The van der Waals surface area contributed by atoms with E-state index in [1.165, 1.54) is 11.8 Å². The first-order chi connectivity index (χ1) is 13.1. The molecular formula is C20H19N3O3S. The van der Waals surface area contributed by atoms with E-state index in [1.807, 2.05) is 60.7 Å². The zero-order chi connectivity index (χ0) is 19.1. The minimum Gasteiger partial charge on any atom is -0.360 e. The smallest absolute Gasteiger partial charge is 0.275 e. The van der Waals surface area contributed by atoms with Crippen molar-refractivity contribution >= 4 is 23.6 Å². The topological polar surface area (TPSA) is 84.2 Å². The predicted molar refractivity (Wildman–Crippen MR) is 105 cm³/mol. The average molecular weight is 381 g/mol. The van der Waals surface area contributed by atoms with Gasteiger partial charge in [0.05, 0.1) is 5.75 Å². The number of aryl methyl sites for hydroxylation is 1. The van der Waals surface area contributed by atoms with Crippen molar-refractivity contribution in [2.45, 2.75) is 12.7 Å². The molecule has 27 heavy (non-hydrogen) atoms. The van der Waals surface area contributed by atoms with Crippen molar-refractivity contribution in [1.82, 2.24) is 16.0 Å². The first-order valence-electron chi connectivity index (χ1n) is 8.37. The zero-order valence-corrected chi connectivity index (χ0v) is 15.6. The van der Waals surface area contributed by atoms with Crippen LogP contribution < -0.4 is 10.9 Å². The van der Waals surface area contributed by atoms with Gasteiger partial charge in [0.2, 0.25) is 5.91 Å². The number of hydrogen-bond donors (Lipinski definition) is 2. The summed E-state index contributed by atoms with van der Waals surface area (Å²) in [7, 11) is 0. The van der Waals surface area contributed by atoms with Gasteiger partial charge in [0, 0.05) is 11.3 Å². The van der Waals surface area contributed by atoms with Crippen molar-refractivity contribution in [3.05, 3.63) is 77.6 Å². The normalized spacial score (nSPS) is 10.4. The fourth-order valence-electron chi connectivity index (χ4n) is 2.49. The van der Waals surface area contributed by atoms with Crippen LogP contribution in [0.3, 0.4) is 0 Å². The lowest BCUT2D eigenvalue weighted by atomic mass is 10.1. The predicted octanol–water partition coefficient (Wildman–Crippen LogP) is 3.34. The van der Waals surface area contributed by atoms with Crippen molar-refractivity contribution in [2.75, 3.05) is 5.75 Å². The van der Waals surface area contributed by atoms with Crippen LogP contribution in [0.1, 0.15) is 21.7 Å². The molecule has 3 aromatic rings. The molecule has 2 aromatic carbocycles. The molecule has 0 saturated carbocycles. The van der Waals surface area contributed by atoms with Crippen LogP contribution in [0.15, 0.2) is 65.2 Å². The van der Waals surface area contributed by atoms with Gasteiger partial charge in [-0.1, -0.05) is 65.8 Å². The Morgan fingerprint density at radius 1 is 1.00 bits per heavy atom. The summed E-state index contributed by atoms with van der Waals surface area (Å²) in [4.78, 5) is 24.4. The second-order valence-corrected chi connectivity index (χ2v) is 6.79. The highest BCUT2D eigenvalue weighted by Crippen LogP contribution is 2.24. The summed E-state index contributed by atoms with van der Waals surface area (Å²) in [5.74, 6) is 0.613. The van der Waals surface area contributed by atoms with E-state index in [1.54, 1.807) is 6.92 Å². The summed E-state index contributed by atoms with van der Waals surface area (Å²) < 4.78 is 5.16. The minimum absolute atomic E-state index is 0.239. The van der Waals surface area contributed by atoms with Crippen LogP contribution in [0.4, 0.5) is 0 Å². The Bertz CT molecular complexity index is 911. The monoisotopic (exact) mass is 381 g/mol. The van der Waals surface area contributed by atoms with Crippen molar-refractivity contribution in [1.29, 1.82) is 0 Å². The molecule has 138 valence electrons. The Balaban J connectivity index is 1.54. The number of nitrogens with one attached hydrogen (secondary N) is 2. The molecule has 1 aromatic heterocycles. The van der Waals surface area contributed by atoms with Gasteiger partial charge in [-0.15, -0.1) is 11.8 Å². The Morgan fingerprint density at radius 2 is 1.67 bits per heavy atom. The van der Waals surface area contributed by atoms with E-state index in [2.05, 4.69) is 16.0 Å². The number of hydrogen-bond acceptors (Lipinski definition) is 5. The minimum atomic E-state index is -0.464. The SMILES string of the molecule is Cc1onc(-c2ccccc2)c1C(=O)NNC(=O)CSCc1ccccc1. The standard InChI is InChI=1S/C20H19N3O3S/c1-14-18(19(23-26-14)16-10-6-3-7-11-16)20(25)22-21-17(24)13-27-12-15-8-4-2-5-9-15/h2-11H,12-13H2,1H3,(H,21,24)(H,22,25). The van der Waals surface area contributed by atoms with Crippen LogP contribution in [0.2, 0.25) is 0 Å². The van der Waals surface area contributed by atoms with Crippen molar-refractivity contribution in [3.8, 4) is 11.3 Å². The second-order valence-electron chi connectivity index (χ2n) is 5.81. The Morgan fingerprint density at radius 3 is 2.37 bits per heavy atom. The number of thioether (sulfide) groups is 1. The van der Waals surface area contributed by atoms with Gasteiger partial charge < -0.3 is 4.52 Å². The highest BCUT2D eigenvalue weighted by Gasteiger charge is 2.21. The van der Waals surface area contributed by atoms with Crippen molar-refractivity contribution in [3.63, 3.8) is 0 Å². The first kappa shape index (κ1) is 18.7. The van der Waals surface area contributed by atoms with E-state index in [0.717, 1.165) is 16.9 Å². The third-order valence-corrected chi connectivity index (χ3v) is 4.80. The first-order valence-corrected chi connectivity index (χ1v) is 9.53. The number of nitrogens with zero attached hydrogens (tertiary/aromatic N) is 1. The van der Waals surface area contributed by atoms with Gasteiger partial charge in [-0.2, -0.15) is 0 Å². The molecule has 2 amide bonds. The lowest BCUT2D eigenvalue weighted by Gasteiger charge is -2.08. The fourth-order valence-corrected chi connectivity index (χ4v) is 3.28. The molecule has 6 nitrogen and oxygen atoms in total. The number of amides is 2. The number of carbonyl (C=O) groups excluding carboxylic acids is 2. The summed E-state index contributed by atoms with van der Waals surface area (Å²) in [5.41, 5.74) is 7.53. The van der Waals surface area contributed by atoms with Crippen LogP contribution in [0.5, 0.6) is 0 Å². The summed E-state index contributed by atoms with van der Waals surface area (Å²) in [6.45, 7) is 1.66. The van der Waals surface area contributed by atoms with Gasteiger partial charge in [-0.05, 0) is 12.5 Å². The van der Waals surface area contributed by atoms with Gasteiger partial charge in [-0.25, -0.2) is 0 Å². The molecule has 1 heterocycles. The number of hydrazine groups is 1. The summed E-state index contributed by atoms with van der Waals surface area (Å²) in [5, 5.41) is 3.96. The van der Waals surface area contributed by atoms with Crippen LogP contribution in [0.25, 0.3) is 11.3 Å². The van der Waals surface area contributed by atoms with Crippen LogP contribution in [-0.4, -0.2) is 22.7 Å². The van der Waals surface area contributed by atoms with Gasteiger partial charge >= 0.3 is 0 Å². The van der Waals surface area contributed by atoms with Crippen LogP contribution in [-0.2, 0) is 10.5 Å². The highest BCUT2D eigenvalue weighted by molar-refractivity contribution is 7.99. The molecule has 0 spiro atoms. The summed E-state index contributed by atoms with van der Waals surface area (Å²) in [6.07, 6.45) is 0. The molecule has 0 atom stereocenters. The molecule has 2 N–H and O–H groups in total. The largest absolute Gasteiger partial charge is 0.360 e.